The van der Waals surface area contributed by atoms with Gasteiger partial charge in [-0.3, -0.25) is 4.90 Å². The molecule has 106 valence electrons. The molecule has 3 heteroatoms. The fraction of sp³-hybridized carbons (Fsp3) is 1.00. The molecule has 2 fully saturated rings. The van der Waals surface area contributed by atoms with Crippen LogP contribution in [0.1, 0.15) is 46.0 Å². The van der Waals surface area contributed by atoms with Crippen molar-refractivity contribution >= 4 is 0 Å². The van der Waals surface area contributed by atoms with Gasteiger partial charge in [-0.05, 0) is 51.1 Å². The monoisotopic (exact) mass is 254 g/mol. The highest BCUT2D eigenvalue weighted by Crippen LogP contribution is 2.23. The second kappa shape index (κ2) is 7.46. The molecule has 1 N–H and O–H groups in total. The van der Waals surface area contributed by atoms with Crippen molar-refractivity contribution in [1.29, 1.82) is 0 Å². The van der Waals surface area contributed by atoms with Crippen molar-refractivity contribution in [2.24, 2.45) is 5.92 Å². The summed E-state index contributed by atoms with van der Waals surface area (Å²) in [5, 5.41) is 3.60. The third kappa shape index (κ3) is 4.52. The minimum absolute atomic E-state index is 0.617. The van der Waals surface area contributed by atoms with Crippen molar-refractivity contribution in [3.8, 4) is 0 Å². The highest BCUT2D eigenvalue weighted by molar-refractivity contribution is 4.81. The molecule has 0 aromatic heterocycles. The van der Waals surface area contributed by atoms with Gasteiger partial charge in [-0.25, -0.2) is 0 Å². The lowest BCUT2D eigenvalue weighted by Crippen LogP contribution is -2.45. The third-order valence-electron chi connectivity index (χ3n) is 4.30. The second-order valence-corrected chi connectivity index (χ2v) is 6.26. The van der Waals surface area contributed by atoms with E-state index in [9.17, 15) is 0 Å². The number of nitrogens with one attached hydrogen (secondary N) is 1. The van der Waals surface area contributed by atoms with Crippen molar-refractivity contribution in [2.75, 3.05) is 32.8 Å². The molecule has 2 aliphatic heterocycles. The van der Waals surface area contributed by atoms with E-state index in [0.717, 1.165) is 25.2 Å². The van der Waals surface area contributed by atoms with Crippen molar-refractivity contribution in [3.05, 3.63) is 0 Å². The Labute approximate surface area is 112 Å². The number of hydrogen-bond donors (Lipinski definition) is 1. The molecular formula is C15H30N2O. The van der Waals surface area contributed by atoms with Crippen molar-refractivity contribution < 1.29 is 4.74 Å². The average Bonchev–Trinajstić information content (AvgIpc) is 2.65. The molecule has 0 aromatic carbocycles. The van der Waals surface area contributed by atoms with E-state index in [1.165, 1.54) is 51.7 Å². The maximum atomic E-state index is 5.58. The molecule has 0 aliphatic carbocycles. The lowest BCUT2D eigenvalue weighted by atomic mass is 9.94. The zero-order valence-electron chi connectivity index (χ0n) is 12.2. The summed E-state index contributed by atoms with van der Waals surface area (Å²) in [7, 11) is 0. The molecular weight excluding hydrogens is 224 g/mol. The van der Waals surface area contributed by atoms with Gasteiger partial charge in [-0.1, -0.05) is 13.8 Å². The first-order chi connectivity index (χ1) is 8.75. The molecule has 0 saturated carbocycles. The fourth-order valence-corrected chi connectivity index (χ4v) is 3.25. The highest BCUT2D eigenvalue weighted by Gasteiger charge is 2.26. The Morgan fingerprint density at radius 1 is 1.17 bits per heavy atom. The summed E-state index contributed by atoms with van der Waals surface area (Å²) in [4.78, 5) is 2.74. The SMILES string of the molecule is CC(C)NCC1CCCN(C2CCCOCC2)C1. The Hall–Kier alpha value is -0.120. The van der Waals surface area contributed by atoms with E-state index in [1.807, 2.05) is 0 Å². The molecule has 2 unspecified atom stereocenters. The van der Waals surface area contributed by atoms with Crippen LogP contribution in [0.4, 0.5) is 0 Å². The molecule has 0 radical (unpaired) electrons. The van der Waals surface area contributed by atoms with Crippen LogP contribution >= 0.6 is 0 Å². The van der Waals surface area contributed by atoms with E-state index in [0.29, 0.717) is 6.04 Å². The summed E-state index contributed by atoms with van der Waals surface area (Å²) in [6.07, 6.45) is 6.60. The van der Waals surface area contributed by atoms with Crippen LogP contribution in [-0.2, 0) is 4.74 Å². The van der Waals surface area contributed by atoms with Gasteiger partial charge in [0.05, 0.1) is 0 Å². The molecule has 2 atom stereocenters. The Balaban J connectivity index is 1.77. The molecule has 0 bridgehead atoms. The van der Waals surface area contributed by atoms with Crippen molar-refractivity contribution in [3.63, 3.8) is 0 Å². The summed E-state index contributed by atoms with van der Waals surface area (Å²) in [6.45, 7) is 10.2. The van der Waals surface area contributed by atoms with E-state index < -0.39 is 0 Å². The van der Waals surface area contributed by atoms with E-state index in [1.54, 1.807) is 0 Å². The number of rotatable bonds is 4. The van der Waals surface area contributed by atoms with Crippen LogP contribution in [0.25, 0.3) is 0 Å². The third-order valence-corrected chi connectivity index (χ3v) is 4.30. The molecule has 2 rings (SSSR count). The lowest BCUT2D eigenvalue weighted by Gasteiger charge is -2.38. The smallest absolute Gasteiger partial charge is 0.0480 e. The first-order valence-electron chi connectivity index (χ1n) is 7.81. The number of piperidine rings is 1. The average molecular weight is 254 g/mol. The Morgan fingerprint density at radius 3 is 2.89 bits per heavy atom. The van der Waals surface area contributed by atoms with Crippen LogP contribution in [0.3, 0.4) is 0 Å². The Kier molecular flexibility index (Phi) is 5.93. The van der Waals surface area contributed by atoms with Gasteiger partial charge in [0.25, 0.3) is 0 Å². The summed E-state index contributed by atoms with van der Waals surface area (Å²) in [6, 6.07) is 1.40. The van der Waals surface area contributed by atoms with Crippen LogP contribution in [0.2, 0.25) is 0 Å². The molecule has 0 aromatic rings. The summed E-state index contributed by atoms with van der Waals surface area (Å²) in [5.41, 5.74) is 0. The van der Waals surface area contributed by atoms with Gasteiger partial charge in [0.15, 0.2) is 0 Å². The molecule has 2 saturated heterocycles. The molecule has 2 aliphatic rings. The zero-order valence-corrected chi connectivity index (χ0v) is 12.2. The fourth-order valence-electron chi connectivity index (χ4n) is 3.25. The largest absolute Gasteiger partial charge is 0.381 e. The van der Waals surface area contributed by atoms with Crippen molar-refractivity contribution in [1.82, 2.24) is 10.2 Å². The normalized spacial score (nSPS) is 31.5. The summed E-state index contributed by atoms with van der Waals surface area (Å²) < 4.78 is 5.58. The number of nitrogens with zero attached hydrogens (tertiary/aromatic N) is 1. The summed E-state index contributed by atoms with van der Waals surface area (Å²) in [5.74, 6) is 0.852. The van der Waals surface area contributed by atoms with Crippen LogP contribution in [-0.4, -0.2) is 49.8 Å². The van der Waals surface area contributed by atoms with Gasteiger partial charge in [0, 0.05) is 31.8 Å². The highest BCUT2D eigenvalue weighted by atomic mass is 16.5. The van der Waals surface area contributed by atoms with Crippen LogP contribution in [0.5, 0.6) is 0 Å². The van der Waals surface area contributed by atoms with E-state index in [2.05, 4.69) is 24.1 Å². The Bertz CT molecular complexity index is 225. The van der Waals surface area contributed by atoms with E-state index in [4.69, 9.17) is 4.74 Å². The molecule has 2 heterocycles. The predicted molar refractivity (Wildman–Crippen MR) is 75.9 cm³/mol. The lowest BCUT2D eigenvalue weighted by molar-refractivity contribution is 0.0988. The van der Waals surface area contributed by atoms with Gasteiger partial charge >= 0.3 is 0 Å². The van der Waals surface area contributed by atoms with Crippen LogP contribution in [0, 0.1) is 5.92 Å². The molecule has 3 nitrogen and oxygen atoms in total. The van der Waals surface area contributed by atoms with E-state index in [-0.39, 0.29) is 0 Å². The predicted octanol–water partition coefficient (Wildman–Crippen LogP) is 2.27. The molecule has 0 amide bonds. The topological polar surface area (TPSA) is 24.5 Å². The number of likely N-dealkylation sites (tertiary alicyclic amines) is 1. The minimum Gasteiger partial charge on any atom is -0.381 e. The first kappa shape index (κ1) is 14.3. The summed E-state index contributed by atoms with van der Waals surface area (Å²) >= 11 is 0. The van der Waals surface area contributed by atoms with Gasteiger partial charge in [-0.2, -0.15) is 0 Å². The zero-order chi connectivity index (χ0) is 12.8. The van der Waals surface area contributed by atoms with E-state index >= 15 is 0 Å². The first-order valence-corrected chi connectivity index (χ1v) is 7.81. The van der Waals surface area contributed by atoms with Crippen LogP contribution in [0.15, 0.2) is 0 Å². The molecule has 18 heavy (non-hydrogen) atoms. The standard InChI is InChI=1S/C15H30N2O/c1-13(2)16-11-14-5-3-8-17(12-14)15-6-4-9-18-10-7-15/h13-16H,3-12H2,1-2H3. The number of hydrogen-bond acceptors (Lipinski definition) is 3. The van der Waals surface area contributed by atoms with Gasteiger partial charge in [0.2, 0.25) is 0 Å². The van der Waals surface area contributed by atoms with Crippen LogP contribution < -0.4 is 5.32 Å². The maximum absolute atomic E-state index is 5.58. The quantitative estimate of drug-likeness (QED) is 0.833. The maximum Gasteiger partial charge on any atom is 0.0480 e. The van der Waals surface area contributed by atoms with Crippen molar-refractivity contribution in [2.45, 2.75) is 58.0 Å². The van der Waals surface area contributed by atoms with Gasteiger partial charge in [-0.15, -0.1) is 0 Å². The Morgan fingerprint density at radius 2 is 2.06 bits per heavy atom. The van der Waals surface area contributed by atoms with Gasteiger partial charge in [0.1, 0.15) is 0 Å². The minimum atomic E-state index is 0.617. The second-order valence-electron chi connectivity index (χ2n) is 6.26. The number of ether oxygens (including phenoxy) is 1. The molecule has 0 spiro atoms. The van der Waals surface area contributed by atoms with Gasteiger partial charge < -0.3 is 10.1 Å².